The molecule has 2 unspecified atom stereocenters. The van der Waals surface area contributed by atoms with Crippen molar-refractivity contribution in [3.8, 4) is 0 Å². The van der Waals surface area contributed by atoms with Gasteiger partial charge >= 0.3 is 0 Å². The number of nitrogens with two attached hydrogens (primary N) is 1. The van der Waals surface area contributed by atoms with Gasteiger partial charge in [-0.2, -0.15) is 0 Å². The van der Waals surface area contributed by atoms with E-state index in [4.69, 9.17) is 5.73 Å². The van der Waals surface area contributed by atoms with Crippen molar-refractivity contribution in [2.45, 2.75) is 51.6 Å². The molecule has 0 saturated carbocycles. The van der Waals surface area contributed by atoms with Crippen molar-refractivity contribution in [2.24, 2.45) is 11.1 Å². The highest BCUT2D eigenvalue weighted by atomic mass is 16.2. The van der Waals surface area contributed by atoms with Crippen molar-refractivity contribution in [2.75, 3.05) is 19.6 Å². The Balaban J connectivity index is 1.66. The second-order valence-corrected chi connectivity index (χ2v) is 8.05. The van der Waals surface area contributed by atoms with Crippen LogP contribution in [-0.2, 0) is 16.0 Å². The van der Waals surface area contributed by atoms with E-state index in [9.17, 15) is 9.59 Å². The summed E-state index contributed by atoms with van der Waals surface area (Å²) in [6, 6.07) is 9.55. The molecule has 2 aliphatic heterocycles. The maximum absolute atomic E-state index is 13.1. The number of likely N-dealkylation sites (tertiary alicyclic amines) is 2. The van der Waals surface area contributed by atoms with E-state index in [0.717, 1.165) is 24.8 Å². The van der Waals surface area contributed by atoms with Crippen LogP contribution in [0.1, 0.15) is 38.7 Å². The van der Waals surface area contributed by atoms with Gasteiger partial charge in [-0.1, -0.05) is 44.2 Å². The van der Waals surface area contributed by atoms with Crippen LogP contribution in [0.15, 0.2) is 30.3 Å². The van der Waals surface area contributed by atoms with E-state index in [0.29, 0.717) is 26.1 Å². The van der Waals surface area contributed by atoms with Gasteiger partial charge in [0, 0.05) is 25.7 Å². The lowest BCUT2D eigenvalue weighted by atomic mass is 9.79. The normalized spacial score (nSPS) is 25.9. The van der Waals surface area contributed by atoms with Gasteiger partial charge in [0.15, 0.2) is 0 Å². The van der Waals surface area contributed by atoms with E-state index in [2.05, 4.69) is 13.8 Å². The Morgan fingerprint density at radius 2 is 1.88 bits per heavy atom. The number of carbonyl (C=O) groups excluding carboxylic acids is 2. The number of hydrogen-bond donors (Lipinski definition) is 1. The van der Waals surface area contributed by atoms with Gasteiger partial charge in [0.05, 0.1) is 6.42 Å². The maximum Gasteiger partial charge on any atom is 0.245 e. The number of nitrogens with zero attached hydrogens (tertiary/aromatic N) is 2. The smallest absolute Gasteiger partial charge is 0.245 e. The lowest BCUT2D eigenvalue weighted by Gasteiger charge is -2.44. The minimum atomic E-state index is -0.304. The first-order valence-electron chi connectivity index (χ1n) is 9.26. The molecule has 1 aromatic carbocycles. The highest BCUT2D eigenvalue weighted by Crippen LogP contribution is 2.30. The summed E-state index contributed by atoms with van der Waals surface area (Å²) in [5, 5.41) is 0. The molecule has 136 valence electrons. The van der Waals surface area contributed by atoms with Crippen LogP contribution < -0.4 is 5.73 Å². The number of hydrogen-bond acceptors (Lipinski definition) is 3. The first-order valence-corrected chi connectivity index (χ1v) is 9.26. The van der Waals surface area contributed by atoms with Crippen LogP contribution in [0.25, 0.3) is 0 Å². The largest absolute Gasteiger partial charge is 0.340 e. The van der Waals surface area contributed by atoms with Crippen LogP contribution in [0.2, 0.25) is 0 Å². The van der Waals surface area contributed by atoms with Gasteiger partial charge in [-0.05, 0) is 30.2 Å². The quantitative estimate of drug-likeness (QED) is 0.910. The van der Waals surface area contributed by atoms with E-state index in [1.807, 2.05) is 35.2 Å². The lowest BCUT2D eigenvalue weighted by Crippen LogP contribution is -2.57. The molecule has 25 heavy (non-hydrogen) atoms. The summed E-state index contributed by atoms with van der Waals surface area (Å²) < 4.78 is 0. The zero-order valence-corrected chi connectivity index (χ0v) is 15.3. The molecule has 0 aromatic heterocycles. The van der Waals surface area contributed by atoms with Gasteiger partial charge in [-0.25, -0.2) is 0 Å². The van der Waals surface area contributed by atoms with Crippen LogP contribution in [0.4, 0.5) is 0 Å². The third-order valence-electron chi connectivity index (χ3n) is 5.68. The Hall–Kier alpha value is -1.88. The Bertz CT molecular complexity index is 629. The number of piperidine rings is 1. The molecule has 2 fully saturated rings. The SMILES string of the molecule is CC1(C)CN(C(=O)C2CCCN2C(=O)Cc2ccccc2)CCC1N. The van der Waals surface area contributed by atoms with Gasteiger partial charge < -0.3 is 15.5 Å². The van der Waals surface area contributed by atoms with Crippen LogP contribution in [-0.4, -0.2) is 53.3 Å². The van der Waals surface area contributed by atoms with E-state index in [1.54, 1.807) is 4.90 Å². The molecule has 0 radical (unpaired) electrons. The van der Waals surface area contributed by atoms with Gasteiger partial charge in [-0.15, -0.1) is 0 Å². The number of benzene rings is 1. The second kappa shape index (κ2) is 7.16. The Kier molecular flexibility index (Phi) is 5.13. The summed E-state index contributed by atoms with van der Waals surface area (Å²) >= 11 is 0. The molecule has 5 nitrogen and oxygen atoms in total. The molecule has 0 aliphatic carbocycles. The predicted molar refractivity (Wildman–Crippen MR) is 97.8 cm³/mol. The average Bonchev–Trinajstić information content (AvgIpc) is 3.07. The molecule has 2 amide bonds. The average molecular weight is 343 g/mol. The molecule has 2 heterocycles. The second-order valence-electron chi connectivity index (χ2n) is 8.05. The van der Waals surface area contributed by atoms with Crippen LogP contribution in [0, 0.1) is 5.41 Å². The minimum Gasteiger partial charge on any atom is -0.340 e. The van der Waals surface area contributed by atoms with Gasteiger partial charge in [0.25, 0.3) is 0 Å². The molecule has 2 atom stereocenters. The first-order chi connectivity index (χ1) is 11.9. The lowest BCUT2D eigenvalue weighted by molar-refractivity contribution is -0.145. The topological polar surface area (TPSA) is 66.6 Å². The molecular weight excluding hydrogens is 314 g/mol. The summed E-state index contributed by atoms with van der Waals surface area (Å²) in [6.45, 7) is 6.28. The molecule has 0 spiro atoms. The van der Waals surface area contributed by atoms with Crippen molar-refractivity contribution in [1.82, 2.24) is 9.80 Å². The van der Waals surface area contributed by atoms with Gasteiger partial charge in [-0.3, -0.25) is 9.59 Å². The summed E-state index contributed by atoms with van der Waals surface area (Å²) in [5.74, 6) is 0.147. The van der Waals surface area contributed by atoms with Crippen molar-refractivity contribution < 1.29 is 9.59 Å². The van der Waals surface area contributed by atoms with Crippen molar-refractivity contribution in [3.63, 3.8) is 0 Å². The highest BCUT2D eigenvalue weighted by molar-refractivity contribution is 5.89. The van der Waals surface area contributed by atoms with E-state index >= 15 is 0 Å². The van der Waals surface area contributed by atoms with Crippen LogP contribution in [0.3, 0.4) is 0 Å². The summed E-state index contributed by atoms with van der Waals surface area (Å²) in [7, 11) is 0. The number of rotatable bonds is 3. The van der Waals surface area contributed by atoms with E-state index in [1.165, 1.54) is 0 Å². The zero-order chi connectivity index (χ0) is 18.0. The van der Waals surface area contributed by atoms with Crippen molar-refractivity contribution >= 4 is 11.8 Å². The monoisotopic (exact) mass is 343 g/mol. The molecule has 3 rings (SSSR count). The van der Waals surface area contributed by atoms with Crippen molar-refractivity contribution in [3.05, 3.63) is 35.9 Å². The molecule has 0 bridgehead atoms. The number of carbonyl (C=O) groups is 2. The fourth-order valence-electron chi connectivity index (χ4n) is 3.97. The number of amides is 2. The fourth-order valence-corrected chi connectivity index (χ4v) is 3.97. The van der Waals surface area contributed by atoms with Crippen LogP contribution >= 0.6 is 0 Å². The molecule has 1 aromatic rings. The standard InChI is InChI=1S/C20H29N3O2/c1-20(2)14-22(12-10-17(20)21)19(25)16-9-6-11-23(16)18(24)13-15-7-4-3-5-8-15/h3-5,7-8,16-17H,6,9-14,21H2,1-2H3. The first kappa shape index (κ1) is 17.9. The maximum atomic E-state index is 13.1. The van der Waals surface area contributed by atoms with Gasteiger partial charge in [0.2, 0.25) is 11.8 Å². The predicted octanol–water partition coefficient (Wildman–Crippen LogP) is 1.81. The molecule has 5 heteroatoms. The fraction of sp³-hybridized carbons (Fsp3) is 0.600. The van der Waals surface area contributed by atoms with Crippen LogP contribution in [0.5, 0.6) is 0 Å². The zero-order valence-electron chi connectivity index (χ0n) is 15.3. The van der Waals surface area contributed by atoms with Crippen molar-refractivity contribution in [1.29, 1.82) is 0 Å². The Labute approximate surface area is 150 Å². The molecule has 2 aliphatic rings. The molecular formula is C20H29N3O2. The highest BCUT2D eigenvalue weighted by Gasteiger charge is 2.41. The third kappa shape index (κ3) is 3.87. The minimum absolute atomic E-state index is 0.0509. The molecule has 2 saturated heterocycles. The Morgan fingerprint density at radius 1 is 1.16 bits per heavy atom. The summed E-state index contributed by atoms with van der Waals surface area (Å²) in [4.78, 5) is 29.5. The van der Waals surface area contributed by atoms with Gasteiger partial charge in [0.1, 0.15) is 6.04 Å². The summed E-state index contributed by atoms with van der Waals surface area (Å²) in [5.41, 5.74) is 7.11. The molecule has 2 N–H and O–H groups in total. The van der Waals surface area contributed by atoms with E-state index in [-0.39, 0.29) is 29.3 Å². The summed E-state index contributed by atoms with van der Waals surface area (Å²) in [6.07, 6.45) is 2.85. The Morgan fingerprint density at radius 3 is 2.56 bits per heavy atom. The van der Waals surface area contributed by atoms with E-state index < -0.39 is 0 Å². The third-order valence-corrected chi connectivity index (χ3v) is 5.68.